The van der Waals surface area contributed by atoms with Gasteiger partial charge < -0.3 is 20.2 Å². The molecule has 10 heteroatoms. The molecule has 2 aromatic heterocycles. The van der Waals surface area contributed by atoms with Crippen LogP contribution in [-0.4, -0.2) is 39.8 Å². The van der Waals surface area contributed by atoms with E-state index in [1.54, 1.807) is 29.2 Å². The Balaban J connectivity index is 1.77. The summed E-state index contributed by atoms with van der Waals surface area (Å²) >= 11 is 0. The Labute approximate surface area is 151 Å². The fourth-order valence-electron chi connectivity index (χ4n) is 3.01. The van der Waals surface area contributed by atoms with Gasteiger partial charge in [-0.1, -0.05) is 0 Å². The molecular formula is C17H15F3N6O. The maximum Gasteiger partial charge on any atom is 0.269 e. The second-order valence-electron chi connectivity index (χ2n) is 6.07. The molecule has 0 saturated carbocycles. The van der Waals surface area contributed by atoms with Crippen molar-refractivity contribution >= 4 is 23.0 Å². The van der Waals surface area contributed by atoms with Gasteiger partial charge in [0.05, 0.1) is 6.61 Å². The van der Waals surface area contributed by atoms with E-state index in [-0.39, 0.29) is 18.0 Å². The number of aliphatic imine (C=N–C) groups is 1. The number of rotatable bonds is 4. The zero-order valence-corrected chi connectivity index (χ0v) is 13.9. The van der Waals surface area contributed by atoms with E-state index in [9.17, 15) is 13.2 Å². The van der Waals surface area contributed by atoms with Crippen LogP contribution in [0.25, 0.3) is 5.65 Å². The van der Waals surface area contributed by atoms with E-state index in [0.29, 0.717) is 17.2 Å². The van der Waals surface area contributed by atoms with Gasteiger partial charge in [-0.3, -0.25) is 4.99 Å². The number of anilines is 2. The van der Waals surface area contributed by atoms with Gasteiger partial charge in [0.25, 0.3) is 6.43 Å². The summed E-state index contributed by atoms with van der Waals surface area (Å²) in [5, 5.41) is 2.98. The van der Waals surface area contributed by atoms with E-state index in [4.69, 9.17) is 10.5 Å². The minimum Gasteiger partial charge on any atom is -0.385 e. The molecule has 27 heavy (non-hydrogen) atoms. The summed E-state index contributed by atoms with van der Waals surface area (Å²) in [7, 11) is 0. The van der Waals surface area contributed by atoms with E-state index >= 15 is 0 Å². The standard InChI is InChI=1S/C17H15F3N6O/c18-12-2-1-10(24-14-15-23-4-6-26(15)5-3-22-14)7-11(12)17(16(19)20)9-27-8-13(21)25-17/h1-7,16H,8-9H2,(H2,21,25)(H,22,24)/t17-/m0/s1. The first-order valence-corrected chi connectivity index (χ1v) is 8.04. The summed E-state index contributed by atoms with van der Waals surface area (Å²) in [4.78, 5) is 12.2. The average Bonchev–Trinajstić information content (AvgIpc) is 3.13. The third-order valence-corrected chi connectivity index (χ3v) is 4.28. The minimum absolute atomic E-state index is 0.0696. The van der Waals surface area contributed by atoms with Crippen LogP contribution in [0.4, 0.5) is 24.7 Å². The summed E-state index contributed by atoms with van der Waals surface area (Å²) in [6.07, 6.45) is 3.60. The lowest BCUT2D eigenvalue weighted by molar-refractivity contribution is -0.0145. The number of fused-ring (bicyclic) bond motifs is 1. The van der Waals surface area contributed by atoms with Gasteiger partial charge in [-0.05, 0) is 18.2 Å². The van der Waals surface area contributed by atoms with Crippen LogP contribution in [0.5, 0.6) is 0 Å². The van der Waals surface area contributed by atoms with E-state index in [0.717, 1.165) is 6.07 Å². The highest BCUT2D eigenvalue weighted by atomic mass is 19.3. The van der Waals surface area contributed by atoms with Gasteiger partial charge in [0.1, 0.15) is 18.3 Å². The molecule has 7 nitrogen and oxygen atoms in total. The van der Waals surface area contributed by atoms with Gasteiger partial charge in [-0.15, -0.1) is 0 Å². The monoisotopic (exact) mass is 376 g/mol. The molecule has 1 aliphatic rings. The van der Waals surface area contributed by atoms with Gasteiger partial charge in [0.2, 0.25) is 0 Å². The number of nitrogens with zero attached hydrogens (tertiary/aromatic N) is 4. The van der Waals surface area contributed by atoms with Crippen molar-refractivity contribution in [3.8, 4) is 0 Å². The van der Waals surface area contributed by atoms with Crippen molar-refractivity contribution in [1.29, 1.82) is 0 Å². The number of halogens is 3. The summed E-state index contributed by atoms with van der Waals surface area (Å²) in [5.74, 6) is -0.535. The molecule has 0 saturated heterocycles. The summed E-state index contributed by atoms with van der Waals surface area (Å²) in [6, 6.07) is 3.78. The number of alkyl halides is 2. The number of benzene rings is 1. The molecule has 4 rings (SSSR count). The average molecular weight is 376 g/mol. The van der Waals surface area contributed by atoms with E-state index in [1.165, 1.54) is 12.1 Å². The van der Waals surface area contributed by atoms with Crippen LogP contribution in [0.15, 0.2) is 48.0 Å². The van der Waals surface area contributed by atoms with Gasteiger partial charge in [-0.2, -0.15) is 0 Å². The van der Waals surface area contributed by atoms with Crippen LogP contribution in [0.3, 0.4) is 0 Å². The van der Waals surface area contributed by atoms with Crippen LogP contribution < -0.4 is 11.1 Å². The predicted octanol–water partition coefficient (Wildman–Crippen LogP) is 2.46. The number of aromatic nitrogens is 3. The van der Waals surface area contributed by atoms with Crippen molar-refractivity contribution in [3.63, 3.8) is 0 Å². The molecule has 0 unspecified atom stereocenters. The lowest BCUT2D eigenvalue weighted by atomic mass is 9.90. The normalized spacial score (nSPS) is 20.1. The molecule has 0 amide bonds. The molecule has 0 bridgehead atoms. The smallest absolute Gasteiger partial charge is 0.269 e. The van der Waals surface area contributed by atoms with E-state index in [1.807, 2.05) is 0 Å². The second-order valence-corrected chi connectivity index (χ2v) is 6.07. The lowest BCUT2D eigenvalue weighted by Crippen LogP contribution is -2.45. The van der Waals surface area contributed by atoms with Crippen molar-refractivity contribution in [2.24, 2.45) is 10.7 Å². The molecule has 1 aromatic carbocycles. The third kappa shape index (κ3) is 2.97. The Morgan fingerprint density at radius 2 is 2.00 bits per heavy atom. The largest absolute Gasteiger partial charge is 0.385 e. The molecule has 0 fully saturated rings. The maximum atomic E-state index is 14.5. The number of nitrogens with two attached hydrogens (primary N) is 1. The zero-order valence-electron chi connectivity index (χ0n) is 13.9. The molecule has 3 heterocycles. The van der Waals surface area contributed by atoms with Crippen molar-refractivity contribution < 1.29 is 17.9 Å². The van der Waals surface area contributed by atoms with Crippen molar-refractivity contribution in [1.82, 2.24) is 14.4 Å². The fraction of sp³-hybridized carbons (Fsp3) is 0.235. The second kappa shape index (κ2) is 6.54. The highest BCUT2D eigenvalue weighted by Gasteiger charge is 2.46. The lowest BCUT2D eigenvalue weighted by Gasteiger charge is -2.33. The van der Waals surface area contributed by atoms with Gasteiger partial charge in [0, 0.05) is 36.0 Å². The number of nitrogens with one attached hydrogen (secondary N) is 1. The van der Waals surface area contributed by atoms with E-state index in [2.05, 4.69) is 20.3 Å². The Bertz CT molecular complexity index is 1020. The minimum atomic E-state index is -3.00. The highest BCUT2D eigenvalue weighted by molar-refractivity contribution is 5.83. The molecule has 3 aromatic rings. The van der Waals surface area contributed by atoms with Crippen molar-refractivity contribution in [2.45, 2.75) is 12.0 Å². The van der Waals surface area contributed by atoms with Gasteiger partial charge in [-0.25, -0.2) is 23.1 Å². The Kier molecular flexibility index (Phi) is 4.19. The third-order valence-electron chi connectivity index (χ3n) is 4.28. The number of amidine groups is 1. The summed E-state index contributed by atoms with van der Waals surface area (Å²) in [6.45, 7) is -0.542. The van der Waals surface area contributed by atoms with Gasteiger partial charge in [0.15, 0.2) is 17.0 Å². The van der Waals surface area contributed by atoms with E-state index < -0.39 is 24.4 Å². The molecule has 3 N–H and O–H groups in total. The molecule has 0 aliphatic carbocycles. The van der Waals surface area contributed by atoms with Crippen molar-refractivity contribution in [2.75, 3.05) is 18.5 Å². The first-order valence-electron chi connectivity index (χ1n) is 8.04. The number of hydrogen-bond donors (Lipinski definition) is 2. The first kappa shape index (κ1) is 17.3. The molecule has 0 spiro atoms. The zero-order chi connectivity index (χ0) is 19.0. The van der Waals surface area contributed by atoms with Crippen LogP contribution in [0, 0.1) is 5.82 Å². The summed E-state index contributed by atoms with van der Waals surface area (Å²) < 4.78 is 49.1. The fourth-order valence-corrected chi connectivity index (χ4v) is 3.01. The van der Waals surface area contributed by atoms with Crippen LogP contribution in [-0.2, 0) is 10.3 Å². The predicted molar refractivity (Wildman–Crippen MR) is 92.8 cm³/mol. The highest BCUT2D eigenvalue weighted by Crippen LogP contribution is 2.38. The Morgan fingerprint density at radius 3 is 2.74 bits per heavy atom. The quantitative estimate of drug-likeness (QED) is 0.730. The molecule has 0 radical (unpaired) electrons. The molecule has 1 aliphatic heterocycles. The molecular weight excluding hydrogens is 361 g/mol. The van der Waals surface area contributed by atoms with Crippen LogP contribution in [0.1, 0.15) is 5.56 Å². The van der Waals surface area contributed by atoms with Gasteiger partial charge >= 0.3 is 0 Å². The SMILES string of the molecule is NC1=N[C@@](c2cc(Nc3nccn4ccnc34)ccc2F)(C(F)F)COC1. The molecule has 140 valence electrons. The maximum absolute atomic E-state index is 14.5. The number of ether oxygens (including phenoxy) is 1. The Morgan fingerprint density at radius 1 is 1.22 bits per heavy atom. The van der Waals surface area contributed by atoms with Crippen LogP contribution in [0.2, 0.25) is 0 Å². The van der Waals surface area contributed by atoms with Crippen LogP contribution >= 0.6 is 0 Å². The molecule has 1 atom stereocenters. The number of imidazole rings is 1. The number of hydrogen-bond acceptors (Lipinski definition) is 6. The summed E-state index contributed by atoms with van der Waals surface area (Å²) in [5.41, 5.74) is 3.97. The first-order chi connectivity index (χ1) is 13.0. The topological polar surface area (TPSA) is 89.8 Å². The Hall–Kier alpha value is -3.14. The van der Waals surface area contributed by atoms with Crippen molar-refractivity contribution in [3.05, 3.63) is 54.4 Å².